The summed E-state index contributed by atoms with van der Waals surface area (Å²) in [6.45, 7) is 2.91. The molecule has 0 aliphatic carbocycles. The number of unbranched alkanes of at least 4 members (excludes halogenated alkanes) is 1. The van der Waals surface area contributed by atoms with Gasteiger partial charge in [-0.1, -0.05) is 31.5 Å². The third kappa shape index (κ3) is 4.57. The second-order valence-electron chi connectivity index (χ2n) is 4.57. The number of hydrogen-bond acceptors (Lipinski definition) is 3. The van der Waals surface area contributed by atoms with E-state index in [0.717, 1.165) is 18.4 Å². The predicted octanol–water partition coefficient (Wildman–Crippen LogP) is 1.57. The molecular formula is C15H22N2O3. The monoisotopic (exact) mass is 278 g/mol. The van der Waals surface area contributed by atoms with Gasteiger partial charge in [-0.3, -0.25) is 9.59 Å². The highest BCUT2D eigenvalue weighted by molar-refractivity contribution is 6.34. The summed E-state index contributed by atoms with van der Waals surface area (Å²) in [5.74, 6) is -0.401. The van der Waals surface area contributed by atoms with Crippen LogP contribution in [0.15, 0.2) is 24.3 Å². The van der Waals surface area contributed by atoms with Crippen molar-refractivity contribution in [1.29, 1.82) is 0 Å². The molecule has 0 heterocycles. The molecule has 110 valence electrons. The number of para-hydroxylation sites is 1. The summed E-state index contributed by atoms with van der Waals surface area (Å²) in [7, 11) is 3.21. The van der Waals surface area contributed by atoms with Crippen molar-refractivity contribution in [2.75, 3.05) is 20.7 Å². The van der Waals surface area contributed by atoms with Gasteiger partial charge in [0.05, 0.1) is 7.11 Å². The molecule has 1 aromatic carbocycles. The highest BCUT2D eigenvalue weighted by Crippen LogP contribution is 2.16. The Labute approximate surface area is 119 Å². The average molecular weight is 278 g/mol. The molecule has 0 spiro atoms. The molecule has 1 N–H and O–H groups in total. The largest absolute Gasteiger partial charge is 0.496 e. The lowest BCUT2D eigenvalue weighted by Gasteiger charge is -2.16. The van der Waals surface area contributed by atoms with Crippen molar-refractivity contribution in [3.63, 3.8) is 0 Å². The Balaban J connectivity index is 2.52. The first kappa shape index (κ1) is 16.0. The first-order valence-electron chi connectivity index (χ1n) is 6.75. The van der Waals surface area contributed by atoms with Crippen LogP contribution in [0, 0.1) is 0 Å². The minimum absolute atomic E-state index is 0.274. The summed E-state index contributed by atoms with van der Waals surface area (Å²) in [4.78, 5) is 25.0. The minimum Gasteiger partial charge on any atom is -0.496 e. The number of amides is 2. The molecule has 0 aliphatic heterocycles. The van der Waals surface area contributed by atoms with Gasteiger partial charge in [-0.15, -0.1) is 0 Å². The van der Waals surface area contributed by atoms with E-state index in [9.17, 15) is 9.59 Å². The maximum Gasteiger partial charge on any atom is 0.311 e. The molecule has 0 fully saturated rings. The van der Waals surface area contributed by atoms with Crippen LogP contribution >= 0.6 is 0 Å². The smallest absolute Gasteiger partial charge is 0.311 e. The van der Waals surface area contributed by atoms with Crippen molar-refractivity contribution in [3.05, 3.63) is 29.8 Å². The van der Waals surface area contributed by atoms with Crippen LogP contribution in [0.3, 0.4) is 0 Å². The molecule has 0 aliphatic rings. The average Bonchev–Trinajstić information content (AvgIpc) is 2.49. The highest BCUT2D eigenvalue weighted by Gasteiger charge is 2.18. The zero-order valence-corrected chi connectivity index (χ0v) is 12.3. The van der Waals surface area contributed by atoms with Crippen LogP contribution in [0.5, 0.6) is 5.75 Å². The molecular weight excluding hydrogens is 256 g/mol. The normalized spacial score (nSPS) is 9.95. The maximum absolute atomic E-state index is 11.8. The molecule has 0 bridgehead atoms. The van der Waals surface area contributed by atoms with E-state index in [4.69, 9.17) is 4.74 Å². The Hall–Kier alpha value is -2.04. The number of carbonyl (C=O) groups excluding carboxylic acids is 2. The third-order valence-corrected chi connectivity index (χ3v) is 3.02. The molecule has 0 saturated heterocycles. The molecule has 0 radical (unpaired) electrons. The van der Waals surface area contributed by atoms with E-state index in [1.807, 2.05) is 31.2 Å². The number of carbonyl (C=O) groups is 2. The van der Waals surface area contributed by atoms with Gasteiger partial charge in [0, 0.05) is 25.7 Å². The van der Waals surface area contributed by atoms with E-state index >= 15 is 0 Å². The van der Waals surface area contributed by atoms with Gasteiger partial charge in [0.2, 0.25) is 0 Å². The van der Waals surface area contributed by atoms with E-state index in [1.54, 1.807) is 14.2 Å². The molecule has 1 rings (SSSR count). The lowest BCUT2D eigenvalue weighted by Crippen LogP contribution is -2.41. The van der Waals surface area contributed by atoms with Crippen molar-refractivity contribution in [1.82, 2.24) is 10.2 Å². The van der Waals surface area contributed by atoms with Crippen molar-refractivity contribution >= 4 is 11.8 Å². The van der Waals surface area contributed by atoms with E-state index < -0.39 is 11.8 Å². The van der Waals surface area contributed by atoms with Crippen LogP contribution in [0.1, 0.15) is 25.3 Å². The summed E-state index contributed by atoms with van der Waals surface area (Å²) in [5, 5.41) is 2.62. The molecule has 0 atom stereocenters. The molecule has 5 nitrogen and oxygen atoms in total. The Morgan fingerprint density at radius 2 is 2.00 bits per heavy atom. The lowest BCUT2D eigenvalue weighted by atomic mass is 10.2. The van der Waals surface area contributed by atoms with Crippen LogP contribution in [0.4, 0.5) is 0 Å². The summed E-state index contributed by atoms with van der Waals surface area (Å²) in [6.07, 6.45) is 1.88. The highest BCUT2D eigenvalue weighted by atomic mass is 16.5. The van der Waals surface area contributed by atoms with Crippen LogP contribution in [0.2, 0.25) is 0 Å². The number of nitrogens with one attached hydrogen (secondary N) is 1. The molecule has 1 aromatic rings. The van der Waals surface area contributed by atoms with Crippen molar-refractivity contribution < 1.29 is 14.3 Å². The van der Waals surface area contributed by atoms with Crippen molar-refractivity contribution in [3.8, 4) is 5.75 Å². The van der Waals surface area contributed by atoms with Gasteiger partial charge in [0.1, 0.15) is 5.75 Å². The molecule has 20 heavy (non-hydrogen) atoms. The zero-order valence-electron chi connectivity index (χ0n) is 12.3. The zero-order chi connectivity index (χ0) is 15.0. The van der Waals surface area contributed by atoms with Crippen molar-refractivity contribution in [2.45, 2.75) is 26.3 Å². The number of ether oxygens (including phenoxy) is 1. The van der Waals surface area contributed by atoms with E-state index in [1.165, 1.54) is 4.90 Å². The van der Waals surface area contributed by atoms with Gasteiger partial charge in [-0.25, -0.2) is 0 Å². The Kier molecular flexibility index (Phi) is 6.56. The van der Waals surface area contributed by atoms with E-state index in [2.05, 4.69) is 5.32 Å². The standard InChI is InChI=1S/C15H22N2O3/c1-4-5-10-17(2)15(19)14(18)16-11-12-8-6-7-9-13(12)20-3/h6-9H,4-5,10-11H2,1-3H3,(H,16,18). The van der Waals surface area contributed by atoms with Crippen LogP contribution in [0.25, 0.3) is 0 Å². The fraction of sp³-hybridized carbons (Fsp3) is 0.467. The molecule has 2 amide bonds. The lowest BCUT2D eigenvalue weighted by molar-refractivity contribution is -0.145. The third-order valence-electron chi connectivity index (χ3n) is 3.02. The number of likely N-dealkylation sites (N-methyl/N-ethyl adjacent to an activating group) is 1. The van der Waals surface area contributed by atoms with Gasteiger partial charge in [0.25, 0.3) is 0 Å². The van der Waals surface area contributed by atoms with Gasteiger partial charge < -0.3 is 15.0 Å². The topological polar surface area (TPSA) is 58.6 Å². The minimum atomic E-state index is -0.588. The summed E-state index contributed by atoms with van der Waals surface area (Å²) >= 11 is 0. The fourth-order valence-corrected chi connectivity index (χ4v) is 1.77. The SMILES string of the molecule is CCCCN(C)C(=O)C(=O)NCc1ccccc1OC. The number of benzene rings is 1. The molecule has 0 unspecified atom stereocenters. The van der Waals surface area contributed by atoms with E-state index in [0.29, 0.717) is 12.3 Å². The Morgan fingerprint density at radius 3 is 2.65 bits per heavy atom. The number of nitrogens with zero attached hydrogens (tertiary/aromatic N) is 1. The molecule has 0 aromatic heterocycles. The first-order chi connectivity index (χ1) is 9.60. The summed E-state index contributed by atoms with van der Waals surface area (Å²) < 4.78 is 5.19. The first-order valence-corrected chi connectivity index (χ1v) is 6.75. The fourth-order valence-electron chi connectivity index (χ4n) is 1.77. The van der Waals surface area contributed by atoms with Crippen LogP contribution in [-0.2, 0) is 16.1 Å². The predicted molar refractivity (Wildman–Crippen MR) is 77.4 cm³/mol. The quantitative estimate of drug-likeness (QED) is 0.804. The second kappa shape index (κ2) is 8.19. The van der Waals surface area contributed by atoms with Crippen molar-refractivity contribution in [2.24, 2.45) is 0 Å². The Morgan fingerprint density at radius 1 is 1.30 bits per heavy atom. The Bertz CT molecular complexity index is 460. The van der Waals surface area contributed by atoms with Crippen LogP contribution < -0.4 is 10.1 Å². The van der Waals surface area contributed by atoms with E-state index in [-0.39, 0.29) is 6.54 Å². The maximum atomic E-state index is 11.8. The number of rotatable bonds is 6. The van der Waals surface area contributed by atoms with Gasteiger partial charge in [0.15, 0.2) is 0 Å². The number of methoxy groups -OCH3 is 1. The molecule has 5 heteroatoms. The van der Waals surface area contributed by atoms with Gasteiger partial charge >= 0.3 is 11.8 Å². The molecule has 0 saturated carbocycles. The van der Waals surface area contributed by atoms with Gasteiger partial charge in [-0.05, 0) is 12.5 Å². The van der Waals surface area contributed by atoms with Gasteiger partial charge in [-0.2, -0.15) is 0 Å². The number of hydrogen-bond donors (Lipinski definition) is 1. The summed E-state index contributed by atoms with van der Waals surface area (Å²) in [6, 6.07) is 7.38. The van der Waals surface area contributed by atoms with Crippen LogP contribution in [-0.4, -0.2) is 37.4 Å². The summed E-state index contributed by atoms with van der Waals surface area (Å²) in [5.41, 5.74) is 0.840. The second-order valence-corrected chi connectivity index (χ2v) is 4.57.